The lowest BCUT2D eigenvalue weighted by atomic mass is 10.3. The summed E-state index contributed by atoms with van der Waals surface area (Å²) >= 11 is 11.9. The summed E-state index contributed by atoms with van der Waals surface area (Å²) in [6, 6.07) is 5.05. The molecule has 7 heteroatoms. The van der Waals surface area contributed by atoms with Gasteiger partial charge in [0.15, 0.2) is 0 Å². The first-order valence-electron chi connectivity index (χ1n) is 6.51. The van der Waals surface area contributed by atoms with Crippen LogP contribution in [0.3, 0.4) is 0 Å². The molecule has 5 nitrogen and oxygen atoms in total. The van der Waals surface area contributed by atoms with Crippen LogP contribution >= 0.6 is 23.2 Å². The van der Waals surface area contributed by atoms with Crippen LogP contribution in [-0.4, -0.2) is 42.9 Å². The average Bonchev–Trinajstić information content (AvgIpc) is 2.32. The number of anilines is 1. The monoisotopic (exact) mass is 331 g/mol. The van der Waals surface area contributed by atoms with Crippen molar-refractivity contribution in [3.05, 3.63) is 28.2 Å². The van der Waals surface area contributed by atoms with Crippen molar-refractivity contribution in [2.24, 2.45) is 0 Å². The summed E-state index contributed by atoms with van der Waals surface area (Å²) in [5.41, 5.74) is 0.380. The summed E-state index contributed by atoms with van der Waals surface area (Å²) in [6.45, 7) is 3.96. The van der Waals surface area contributed by atoms with Gasteiger partial charge in [0, 0.05) is 6.04 Å². The van der Waals surface area contributed by atoms with Crippen LogP contribution in [0.4, 0.5) is 5.69 Å². The molecule has 0 saturated carbocycles. The fraction of sp³-hybridized carbons (Fsp3) is 0.429. The van der Waals surface area contributed by atoms with Crippen molar-refractivity contribution in [2.45, 2.75) is 19.9 Å². The first-order valence-corrected chi connectivity index (χ1v) is 7.27. The molecule has 0 unspecified atom stereocenters. The van der Waals surface area contributed by atoms with E-state index >= 15 is 0 Å². The highest BCUT2D eigenvalue weighted by molar-refractivity contribution is 6.39. The number of benzene rings is 1. The molecular formula is C14H19Cl2N3O2. The van der Waals surface area contributed by atoms with E-state index < -0.39 is 0 Å². The highest BCUT2D eigenvalue weighted by atomic mass is 35.5. The van der Waals surface area contributed by atoms with Gasteiger partial charge in [0.2, 0.25) is 11.8 Å². The van der Waals surface area contributed by atoms with E-state index in [1.54, 1.807) is 30.1 Å². The molecule has 0 saturated heterocycles. The van der Waals surface area contributed by atoms with Gasteiger partial charge in [-0.2, -0.15) is 0 Å². The van der Waals surface area contributed by atoms with Crippen LogP contribution in [0.25, 0.3) is 0 Å². The van der Waals surface area contributed by atoms with Crippen molar-refractivity contribution in [2.75, 3.05) is 25.5 Å². The number of likely N-dealkylation sites (N-methyl/N-ethyl adjacent to an activating group) is 1. The molecular weight excluding hydrogens is 313 g/mol. The summed E-state index contributed by atoms with van der Waals surface area (Å²) in [4.78, 5) is 25.1. The van der Waals surface area contributed by atoms with Gasteiger partial charge < -0.3 is 10.6 Å². The Hall–Kier alpha value is -1.30. The molecule has 0 aliphatic rings. The summed E-state index contributed by atoms with van der Waals surface area (Å²) in [7, 11) is 1.69. The number of hydrogen-bond acceptors (Lipinski definition) is 3. The Morgan fingerprint density at radius 2 is 1.67 bits per heavy atom. The maximum absolute atomic E-state index is 11.9. The molecule has 21 heavy (non-hydrogen) atoms. The minimum atomic E-state index is -0.287. The zero-order valence-corrected chi connectivity index (χ0v) is 13.8. The van der Waals surface area contributed by atoms with Crippen LogP contribution in [0.5, 0.6) is 0 Å². The highest BCUT2D eigenvalue weighted by Crippen LogP contribution is 2.29. The van der Waals surface area contributed by atoms with Crippen LogP contribution in [-0.2, 0) is 9.59 Å². The Morgan fingerprint density at radius 3 is 2.19 bits per heavy atom. The Balaban J connectivity index is 2.52. The third-order valence-electron chi connectivity index (χ3n) is 2.50. The lowest BCUT2D eigenvalue weighted by Gasteiger charge is -2.17. The molecule has 116 valence electrons. The SMILES string of the molecule is CC(C)NC(=O)CN(C)CC(=O)Nc1c(Cl)cccc1Cl. The van der Waals surface area contributed by atoms with Crippen LogP contribution in [0.1, 0.15) is 13.8 Å². The molecule has 0 atom stereocenters. The lowest BCUT2D eigenvalue weighted by molar-refractivity contribution is -0.123. The van der Waals surface area contributed by atoms with Gasteiger partial charge in [-0.05, 0) is 33.0 Å². The van der Waals surface area contributed by atoms with Gasteiger partial charge >= 0.3 is 0 Å². The number of halogens is 2. The summed E-state index contributed by atoms with van der Waals surface area (Å²) in [6.07, 6.45) is 0. The smallest absolute Gasteiger partial charge is 0.238 e. The number of rotatable bonds is 6. The highest BCUT2D eigenvalue weighted by Gasteiger charge is 2.13. The van der Waals surface area contributed by atoms with E-state index in [1.807, 2.05) is 13.8 Å². The van der Waals surface area contributed by atoms with Crippen molar-refractivity contribution in [3.8, 4) is 0 Å². The predicted octanol–water partition coefficient (Wildman–Crippen LogP) is 2.39. The maximum atomic E-state index is 11.9. The summed E-state index contributed by atoms with van der Waals surface area (Å²) in [5, 5.41) is 6.15. The molecule has 0 aromatic heterocycles. The minimum absolute atomic E-state index is 0.0626. The average molecular weight is 332 g/mol. The summed E-state index contributed by atoms with van der Waals surface area (Å²) in [5.74, 6) is -0.416. The van der Waals surface area contributed by atoms with E-state index in [1.165, 1.54) is 0 Å². The van der Waals surface area contributed by atoms with Gasteiger partial charge in [0.1, 0.15) is 0 Å². The van der Waals surface area contributed by atoms with Gasteiger partial charge in [-0.3, -0.25) is 14.5 Å². The number of nitrogens with zero attached hydrogens (tertiary/aromatic N) is 1. The number of nitrogens with one attached hydrogen (secondary N) is 2. The molecule has 2 amide bonds. The van der Waals surface area contributed by atoms with Gasteiger partial charge in [-0.15, -0.1) is 0 Å². The van der Waals surface area contributed by atoms with Gasteiger partial charge in [-0.25, -0.2) is 0 Å². The molecule has 1 rings (SSSR count). The molecule has 0 fully saturated rings. The molecule has 0 aliphatic heterocycles. The minimum Gasteiger partial charge on any atom is -0.353 e. The molecule has 0 bridgehead atoms. The first-order chi connectivity index (χ1) is 9.79. The second kappa shape index (κ2) is 8.22. The van der Waals surface area contributed by atoms with Crippen LogP contribution < -0.4 is 10.6 Å². The van der Waals surface area contributed by atoms with Crippen molar-refractivity contribution in [1.82, 2.24) is 10.2 Å². The van der Waals surface area contributed by atoms with Crippen LogP contribution in [0.2, 0.25) is 10.0 Å². The van der Waals surface area contributed by atoms with Crippen LogP contribution in [0, 0.1) is 0 Å². The van der Waals surface area contributed by atoms with Crippen molar-refractivity contribution >= 4 is 40.7 Å². The Bertz CT molecular complexity index is 501. The van der Waals surface area contributed by atoms with E-state index in [0.717, 1.165) is 0 Å². The zero-order chi connectivity index (χ0) is 16.0. The molecule has 0 spiro atoms. The number of carbonyl (C=O) groups excluding carboxylic acids is 2. The van der Waals surface area contributed by atoms with Crippen LogP contribution in [0.15, 0.2) is 18.2 Å². The third-order valence-corrected chi connectivity index (χ3v) is 3.13. The van der Waals surface area contributed by atoms with Crippen molar-refractivity contribution in [3.63, 3.8) is 0 Å². The van der Waals surface area contributed by atoms with Crippen molar-refractivity contribution in [1.29, 1.82) is 0 Å². The van der Waals surface area contributed by atoms with Crippen molar-refractivity contribution < 1.29 is 9.59 Å². The Labute approximate surface area is 134 Å². The zero-order valence-electron chi connectivity index (χ0n) is 12.2. The summed E-state index contributed by atoms with van der Waals surface area (Å²) < 4.78 is 0. The van der Waals surface area contributed by atoms with Gasteiger partial charge in [-0.1, -0.05) is 29.3 Å². The number of hydrogen-bond donors (Lipinski definition) is 2. The molecule has 1 aromatic carbocycles. The topological polar surface area (TPSA) is 61.4 Å². The number of carbonyl (C=O) groups is 2. The quantitative estimate of drug-likeness (QED) is 0.841. The van der Waals surface area contributed by atoms with Gasteiger partial charge in [0.25, 0.3) is 0 Å². The van der Waals surface area contributed by atoms with E-state index in [9.17, 15) is 9.59 Å². The van der Waals surface area contributed by atoms with E-state index in [4.69, 9.17) is 23.2 Å². The number of amides is 2. The van der Waals surface area contributed by atoms with E-state index in [-0.39, 0.29) is 30.9 Å². The Kier molecular flexibility index (Phi) is 6.95. The number of para-hydroxylation sites is 1. The Morgan fingerprint density at radius 1 is 1.14 bits per heavy atom. The molecule has 2 N–H and O–H groups in total. The molecule has 1 aromatic rings. The van der Waals surface area contributed by atoms with E-state index in [0.29, 0.717) is 15.7 Å². The van der Waals surface area contributed by atoms with E-state index in [2.05, 4.69) is 10.6 Å². The molecule has 0 radical (unpaired) electrons. The lowest BCUT2D eigenvalue weighted by Crippen LogP contribution is -2.41. The second-order valence-electron chi connectivity index (χ2n) is 5.04. The fourth-order valence-electron chi connectivity index (χ4n) is 1.71. The predicted molar refractivity (Wildman–Crippen MR) is 85.9 cm³/mol. The fourth-order valence-corrected chi connectivity index (χ4v) is 2.20. The maximum Gasteiger partial charge on any atom is 0.238 e. The third kappa shape index (κ3) is 6.33. The second-order valence-corrected chi connectivity index (χ2v) is 5.85. The molecule has 0 aliphatic carbocycles. The first kappa shape index (κ1) is 17.8. The standard InChI is InChI=1S/C14H19Cl2N3O2/c1-9(2)17-12(20)7-19(3)8-13(21)18-14-10(15)5-4-6-11(14)16/h4-6,9H,7-8H2,1-3H3,(H,17,20)(H,18,21). The largest absolute Gasteiger partial charge is 0.353 e. The molecule has 0 heterocycles. The van der Waals surface area contributed by atoms with Gasteiger partial charge in [0.05, 0.1) is 28.8 Å². The normalized spacial score (nSPS) is 10.8.